The Morgan fingerprint density at radius 1 is 1.27 bits per heavy atom. The van der Waals surface area contributed by atoms with Crippen LogP contribution in [0.2, 0.25) is 0 Å². The van der Waals surface area contributed by atoms with Crippen molar-refractivity contribution in [3.63, 3.8) is 0 Å². The average molecular weight is 349 g/mol. The Labute approximate surface area is 150 Å². The van der Waals surface area contributed by atoms with E-state index in [0.29, 0.717) is 36.4 Å². The molecule has 0 spiro atoms. The standard InChI is InChI=1S/C19H19N5O2/c1-13-17(18-20-8-5-9-24(18)22-13)19(26)21-15-10-16(25)23(12-15)11-14-6-3-2-4-7-14/h2-9,15H,10-12H2,1H3,(H,21,26)/t15-/m1/s1. The minimum atomic E-state index is -0.240. The molecule has 0 aliphatic carbocycles. The van der Waals surface area contributed by atoms with Gasteiger partial charge in [-0.3, -0.25) is 9.59 Å². The number of hydrogen-bond acceptors (Lipinski definition) is 4. The van der Waals surface area contributed by atoms with E-state index in [1.165, 1.54) is 0 Å². The number of aromatic nitrogens is 3. The SMILES string of the molecule is Cc1nn2cccnc2c1C(=O)N[C@@H]1CC(=O)N(Cc2ccccc2)C1. The highest BCUT2D eigenvalue weighted by molar-refractivity contribution is 6.01. The smallest absolute Gasteiger partial charge is 0.257 e. The van der Waals surface area contributed by atoms with Crippen molar-refractivity contribution in [2.75, 3.05) is 6.54 Å². The fourth-order valence-electron chi connectivity index (χ4n) is 3.35. The second-order valence-corrected chi connectivity index (χ2v) is 6.48. The van der Waals surface area contributed by atoms with Crippen LogP contribution in [0.25, 0.3) is 5.65 Å². The number of hydrogen-bond donors (Lipinski definition) is 1. The molecule has 1 N–H and O–H groups in total. The van der Waals surface area contributed by atoms with Gasteiger partial charge in [-0.1, -0.05) is 30.3 Å². The van der Waals surface area contributed by atoms with E-state index in [-0.39, 0.29) is 17.9 Å². The normalized spacial score (nSPS) is 17.0. The third-order valence-electron chi connectivity index (χ3n) is 4.56. The first-order valence-electron chi connectivity index (χ1n) is 8.54. The summed E-state index contributed by atoms with van der Waals surface area (Å²) in [5.41, 5.74) is 2.68. The van der Waals surface area contributed by atoms with E-state index in [1.54, 1.807) is 34.8 Å². The van der Waals surface area contributed by atoms with Crippen LogP contribution in [-0.4, -0.2) is 43.9 Å². The predicted octanol–water partition coefficient (Wildman–Crippen LogP) is 1.57. The van der Waals surface area contributed by atoms with Crippen LogP contribution in [0.4, 0.5) is 0 Å². The van der Waals surface area contributed by atoms with Crippen molar-refractivity contribution in [3.8, 4) is 0 Å². The summed E-state index contributed by atoms with van der Waals surface area (Å²) >= 11 is 0. The molecule has 1 saturated heterocycles. The van der Waals surface area contributed by atoms with E-state index in [4.69, 9.17) is 0 Å². The van der Waals surface area contributed by atoms with E-state index in [2.05, 4.69) is 15.4 Å². The van der Waals surface area contributed by atoms with Crippen LogP contribution in [0.1, 0.15) is 28.0 Å². The maximum atomic E-state index is 12.7. The van der Waals surface area contributed by atoms with E-state index < -0.39 is 0 Å². The van der Waals surface area contributed by atoms with Gasteiger partial charge in [0.2, 0.25) is 5.91 Å². The molecule has 3 aromatic rings. The third-order valence-corrected chi connectivity index (χ3v) is 4.56. The van der Waals surface area contributed by atoms with Crippen molar-refractivity contribution in [2.45, 2.75) is 25.9 Å². The van der Waals surface area contributed by atoms with Crippen LogP contribution < -0.4 is 5.32 Å². The van der Waals surface area contributed by atoms with Crippen molar-refractivity contribution in [2.24, 2.45) is 0 Å². The first kappa shape index (κ1) is 16.3. The molecule has 1 atom stereocenters. The maximum Gasteiger partial charge on any atom is 0.257 e. The van der Waals surface area contributed by atoms with Gasteiger partial charge in [-0.05, 0) is 18.6 Å². The lowest BCUT2D eigenvalue weighted by Crippen LogP contribution is -2.37. The van der Waals surface area contributed by atoms with Crippen molar-refractivity contribution in [3.05, 3.63) is 65.6 Å². The predicted molar refractivity (Wildman–Crippen MR) is 95.5 cm³/mol. The molecule has 132 valence electrons. The monoisotopic (exact) mass is 349 g/mol. The first-order valence-corrected chi connectivity index (χ1v) is 8.54. The highest BCUT2D eigenvalue weighted by atomic mass is 16.2. The summed E-state index contributed by atoms with van der Waals surface area (Å²) in [7, 11) is 0. The lowest BCUT2D eigenvalue weighted by molar-refractivity contribution is -0.128. The third kappa shape index (κ3) is 3.03. The number of benzene rings is 1. The molecule has 0 radical (unpaired) electrons. The first-order chi connectivity index (χ1) is 12.6. The van der Waals surface area contributed by atoms with Gasteiger partial charge in [-0.15, -0.1) is 0 Å². The van der Waals surface area contributed by atoms with Gasteiger partial charge in [0.1, 0.15) is 5.56 Å². The van der Waals surface area contributed by atoms with Crippen LogP contribution in [0.15, 0.2) is 48.8 Å². The van der Waals surface area contributed by atoms with Gasteiger partial charge in [0, 0.05) is 31.9 Å². The molecular formula is C19H19N5O2. The molecule has 2 amide bonds. The van der Waals surface area contributed by atoms with Gasteiger partial charge < -0.3 is 10.2 Å². The van der Waals surface area contributed by atoms with Crippen LogP contribution in [0.3, 0.4) is 0 Å². The molecule has 1 aliphatic rings. The van der Waals surface area contributed by atoms with Gasteiger partial charge in [0.05, 0.1) is 11.7 Å². The number of carbonyl (C=O) groups is 2. The summed E-state index contributed by atoms with van der Waals surface area (Å²) in [5, 5.41) is 7.28. The zero-order chi connectivity index (χ0) is 18.1. The zero-order valence-electron chi connectivity index (χ0n) is 14.4. The fraction of sp³-hybridized carbons (Fsp3) is 0.263. The van der Waals surface area contributed by atoms with Crippen molar-refractivity contribution < 1.29 is 9.59 Å². The molecule has 7 heteroatoms. The Morgan fingerprint density at radius 2 is 2.08 bits per heavy atom. The second-order valence-electron chi connectivity index (χ2n) is 6.48. The van der Waals surface area contributed by atoms with E-state index in [1.807, 2.05) is 30.3 Å². The summed E-state index contributed by atoms with van der Waals surface area (Å²) < 4.78 is 1.59. The van der Waals surface area contributed by atoms with Gasteiger partial charge in [-0.25, -0.2) is 9.50 Å². The van der Waals surface area contributed by atoms with Gasteiger partial charge in [0.15, 0.2) is 5.65 Å². The second kappa shape index (κ2) is 6.59. The minimum absolute atomic E-state index is 0.0499. The lowest BCUT2D eigenvalue weighted by Gasteiger charge is -2.17. The molecule has 1 fully saturated rings. The van der Waals surface area contributed by atoms with E-state index in [9.17, 15) is 9.59 Å². The number of rotatable bonds is 4. The van der Waals surface area contributed by atoms with Crippen LogP contribution in [0, 0.1) is 6.92 Å². The Morgan fingerprint density at radius 3 is 2.88 bits per heavy atom. The summed E-state index contributed by atoms with van der Waals surface area (Å²) in [6.07, 6.45) is 3.70. The van der Waals surface area contributed by atoms with Gasteiger partial charge in [0.25, 0.3) is 5.91 Å². The molecule has 1 aliphatic heterocycles. The lowest BCUT2D eigenvalue weighted by atomic mass is 10.2. The summed E-state index contributed by atoms with van der Waals surface area (Å²) in [4.78, 5) is 31.0. The Hall–Kier alpha value is -3.22. The van der Waals surface area contributed by atoms with Crippen LogP contribution in [0.5, 0.6) is 0 Å². The van der Waals surface area contributed by atoms with Crippen LogP contribution in [-0.2, 0) is 11.3 Å². The number of aryl methyl sites for hydroxylation is 1. The quantitative estimate of drug-likeness (QED) is 0.775. The molecule has 0 unspecified atom stereocenters. The van der Waals surface area contributed by atoms with E-state index in [0.717, 1.165) is 5.56 Å². The molecule has 0 bridgehead atoms. The average Bonchev–Trinajstić information content (AvgIpc) is 3.14. The van der Waals surface area contributed by atoms with Gasteiger partial charge >= 0.3 is 0 Å². The Kier molecular flexibility index (Phi) is 4.12. The topological polar surface area (TPSA) is 79.6 Å². The number of carbonyl (C=O) groups excluding carboxylic acids is 2. The molecule has 4 rings (SSSR count). The number of amides is 2. The number of likely N-dealkylation sites (tertiary alicyclic amines) is 1. The summed E-state index contributed by atoms with van der Waals surface area (Å²) in [6.45, 7) is 2.85. The van der Waals surface area contributed by atoms with E-state index >= 15 is 0 Å². The largest absolute Gasteiger partial charge is 0.347 e. The molecule has 26 heavy (non-hydrogen) atoms. The maximum absolute atomic E-state index is 12.7. The molecule has 3 heterocycles. The number of nitrogens with one attached hydrogen (secondary N) is 1. The fourth-order valence-corrected chi connectivity index (χ4v) is 3.35. The highest BCUT2D eigenvalue weighted by Crippen LogP contribution is 2.17. The zero-order valence-corrected chi connectivity index (χ0v) is 14.4. The molecular weight excluding hydrogens is 330 g/mol. The summed E-state index contributed by atoms with van der Waals surface area (Å²) in [5.74, 6) is -0.190. The summed E-state index contributed by atoms with van der Waals surface area (Å²) in [6, 6.07) is 11.4. The van der Waals surface area contributed by atoms with Crippen molar-refractivity contribution in [1.82, 2.24) is 24.8 Å². The number of fused-ring (bicyclic) bond motifs is 1. The Balaban J connectivity index is 1.47. The molecule has 1 aromatic carbocycles. The molecule has 0 saturated carbocycles. The molecule has 7 nitrogen and oxygen atoms in total. The molecule has 2 aromatic heterocycles. The van der Waals surface area contributed by atoms with Gasteiger partial charge in [-0.2, -0.15) is 5.10 Å². The Bertz CT molecular complexity index is 966. The van der Waals surface area contributed by atoms with Crippen molar-refractivity contribution in [1.29, 1.82) is 0 Å². The van der Waals surface area contributed by atoms with Crippen LogP contribution >= 0.6 is 0 Å². The van der Waals surface area contributed by atoms with Crippen molar-refractivity contribution >= 4 is 17.5 Å². The minimum Gasteiger partial charge on any atom is -0.347 e. The number of nitrogens with zero attached hydrogens (tertiary/aromatic N) is 4. The highest BCUT2D eigenvalue weighted by Gasteiger charge is 2.31.